The van der Waals surface area contributed by atoms with Crippen LogP contribution in [0, 0.1) is 11.6 Å². The number of anilines is 1. The first-order valence-corrected chi connectivity index (χ1v) is 10.7. The summed E-state index contributed by atoms with van der Waals surface area (Å²) < 4.78 is 55.5. The summed E-state index contributed by atoms with van der Waals surface area (Å²) in [6.45, 7) is -0.100. The van der Waals surface area contributed by atoms with Gasteiger partial charge in [0.05, 0.1) is 16.1 Å². The molecule has 0 atom stereocenters. The maximum Gasteiger partial charge on any atom is 0.258 e. The fourth-order valence-corrected chi connectivity index (χ4v) is 3.92. The van der Waals surface area contributed by atoms with Gasteiger partial charge in [-0.3, -0.25) is 4.79 Å². The highest BCUT2D eigenvalue weighted by atomic mass is 35.5. The molecule has 5 nitrogen and oxygen atoms in total. The van der Waals surface area contributed by atoms with Crippen LogP contribution in [-0.2, 0) is 16.6 Å². The third kappa shape index (κ3) is 5.14. The summed E-state index contributed by atoms with van der Waals surface area (Å²) in [6.07, 6.45) is 0. The average Bonchev–Trinajstić information content (AvgIpc) is 2.69. The lowest BCUT2D eigenvalue weighted by Crippen LogP contribution is -2.24. The smallest absolute Gasteiger partial charge is 0.258 e. The molecule has 3 rings (SSSR count). The standard InChI is InChI=1S/C20H14Cl2F2N2O3S/c21-13-5-8-19(18(24)9-13)26-20(27)15-10-14(6-7-17(15)23)30(28,29)25-11-12-3-1-2-4-16(12)22/h1-10,25H,11H2,(H,26,27). The normalized spacial score (nSPS) is 11.3. The van der Waals surface area contributed by atoms with Gasteiger partial charge in [0.2, 0.25) is 10.0 Å². The van der Waals surface area contributed by atoms with E-state index in [1.807, 2.05) is 0 Å². The van der Waals surface area contributed by atoms with E-state index in [0.717, 1.165) is 24.3 Å². The van der Waals surface area contributed by atoms with E-state index in [1.54, 1.807) is 24.3 Å². The third-order valence-corrected chi connectivity index (χ3v) is 6.09. The van der Waals surface area contributed by atoms with Crippen LogP contribution in [0.3, 0.4) is 0 Å². The molecule has 3 aromatic rings. The highest BCUT2D eigenvalue weighted by Crippen LogP contribution is 2.22. The number of rotatable bonds is 6. The summed E-state index contributed by atoms with van der Waals surface area (Å²) in [5.74, 6) is -2.80. The lowest BCUT2D eigenvalue weighted by Gasteiger charge is -2.11. The van der Waals surface area contributed by atoms with Gasteiger partial charge in [-0.05, 0) is 48.0 Å². The van der Waals surface area contributed by atoms with Crippen LogP contribution in [0.25, 0.3) is 0 Å². The van der Waals surface area contributed by atoms with Crippen molar-refractivity contribution in [3.8, 4) is 0 Å². The molecule has 0 fully saturated rings. The van der Waals surface area contributed by atoms with Crippen molar-refractivity contribution in [2.75, 3.05) is 5.32 Å². The Kier molecular flexibility index (Phi) is 6.72. The van der Waals surface area contributed by atoms with Crippen molar-refractivity contribution in [1.29, 1.82) is 0 Å². The molecule has 0 unspecified atom stereocenters. The van der Waals surface area contributed by atoms with Crippen LogP contribution in [0.1, 0.15) is 15.9 Å². The first kappa shape index (κ1) is 22.2. The number of nitrogens with one attached hydrogen (secondary N) is 2. The van der Waals surface area contributed by atoms with Gasteiger partial charge >= 0.3 is 0 Å². The molecule has 0 spiro atoms. The molecule has 3 aromatic carbocycles. The molecule has 0 aliphatic heterocycles. The Morgan fingerprint density at radius 3 is 2.37 bits per heavy atom. The number of carbonyl (C=O) groups is 1. The highest BCUT2D eigenvalue weighted by molar-refractivity contribution is 7.89. The lowest BCUT2D eigenvalue weighted by atomic mass is 10.2. The van der Waals surface area contributed by atoms with Gasteiger partial charge in [0.15, 0.2) is 0 Å². The lowest BCUT2D eigenvalue weighted by molar-refractivity contribution is 0.102. The second-order valence-corrected chi connectivity index (χ2v) is 8.75. The molecular formula is C20H14Cl2F2N2O3S. The SMILES string of the molecule is O=C(Nc1ccc(Cl)cc1F)c1cc(S(=O)(=O)NCc2ccccc2Cl)ccc1F. The number of benzene rings is 3. The van der Waals surface area contributed by atoms with Crippen molar-refractivity contribution in [3.63, 3.8) is 0 Å². The van der Waals surface area contributed by atoms with E-state index < -0.39 is 33.1 Å². The van der Waals surface area contributed by atoms with Crippen molar-refractivity contribution >= 4 is 44.8 Å². The molecule has 0 bridgehead atoms. The fourth-order valence-electron chi connectivity index (χ4n) is 2.52. The Morgan fingerprint density at radius 1 is 0.933 bits per heavy atom. The topological polar surface area (TPSA) is 75.3 Å². The van der Waals surface area contributed by atoms with Crippen LogP contribution in [0.2, 0.25) is 10.0 Å². The molecule has 0 heterocycles. The van der Waals surface area contributed by atoms with E-state index in [2.05, 4.69) is 10.0 Å². The van der Waals surface area contributed by atoms with E-state index in [0.29, 0.717) is 10.6 Å². The summed E-state index contributed by atoms with van der Waals surface area (Å²) in [4.78, 5) is 12.1. The third-order valence-electron chi connectivity index (χ3n) is 4.08. The summed E-state index contributed by atoms with van der Waals surface area (Å²) in [5, 5.41) is 2.69. The average molecular weight is 471 g/mol. The first-order valence-electron chi connectivity index (χ1n) is 8.46. The van der Waals surface area contributed by atoms with E-state index in [4.69, 9.17) is 23.2 Å². The van der Waals surface area contributed by atoms with Gasteiger partial charge < -0.3 is 5.32 Å². The Morgan fingerprint density at radius 2 is 1.67 bits per heavy atom. The molecule has 0 aliphatic carbocycles. The van der Waals surface area contributed by atoms with Gasteiger partial charge in [-0.15, -0.1) is 0 Å². The van der Waals surface area contributed by atoms with Gasteiger partial charge in [0.1, 0.15) is 11.6 Å². The Hall–Kier alpha value is -2.52. The molecule has 10 heteroatoms. The predicted molar refractivity (Wildman–Crippen MR) is 111 cm³/mol. The van der Waals surface area contributed by atoms with Crippen molar-refractivity contribution < 1.29 is 22.0 Å². The van der Waals surface area contributed by atoms with Crippen molar-refractivity contribution in [1.82, 2.24) is 4.72 Å². The molecule has 0 aromatic heterocycles. The van der Waals surface area contributed by atoms with Crippen molar-refractivity contribution in [3.05, 3.63) is 93.5 Å². The van der Waals surface area contributed by atoms with Gasteiger partial charge in [0, 0.05) is 16.6 Å². The number of hydrogen-bond acceptors (Lipinski definition) is 3. The number of carbonyl (C=O) groups excluding carboxylic acids is 1. The van der Waals surface area contributed by atoms with Crippen LogP contribution in [-0.4, -0.2) is 14.3 Å². The number of hydrogen-bond donors (Lipinski definition) is 2. The molecule has 0 aliphatic rings. The van der Waals surface area contributed by atoms with E-state index in [1.165, 1.54) is 12.1 Å². The predicted octanol–water partition coefficient (Wildman–Crippen LogP) is 5.00. The van der Waals surface area contributed by atoms with E-state index in [-0.39, 0.29) is 22.2 Å². The molecule has 1 amide bonds. The van der Waals surface area contributed by atoms with E-state index >= 15 is 0 Å². The summed E-state index contributed by atoms with van der Waals surface area (Å²) in [7, 11) is -4.08. The minimum atomic E-state index is -4.08. The minimum Gasteiger partial charge on any atom is -0.319 e. The summed E-state index contributed by atoms with van der Waals surface area (Å²) in [6, 6.07) is 12.9. The number of amides is 1. The van der Waals surface area contributed by atoms with Crippen LogP contribution >= 0.6 is 23.2 Å². The van der Waals surface area contributed by atoms with Crippen LogP contribution in [0.5, 0.6) is 0 Å². The molecule has 2 N–H and O–H groups in total. The molecule has 156 valence electrons. The molecule has 0 saturated carbocycles. The number of halogens is 4. The van der Waals surface area contributed by atoms with Crippen LogP contribution < -0.4 is 10.0 Å². The largest absolute Gasteiger partial charge is 0.319 e. The van der Waals surface area contributed by atoms with Gasteiger partial charge in [-0.25, -0.2) is 21.9 Å². The Labute approximate surface area is 181 Å². The van der Waals surface area contributed by atoms with Crippen LogP contribution in [0.15, 0.2) is 65.6 Å². The minimum absolute atomic E-state index is 0.100. The second kappa shape index (κ2) is 9.09. The summed E-state index contributed by atoms with van der Waals surface area (Å²) in [5.41, 5.74) is -0.250. The van der Waals surface area contributed by atoms with Gasteiger partial charge in [-0.2, -0.15) is 0 Å². The zero-order chi connectivity index (χ0) is 21.9. The number of sulfonamides is 1. The zero-order valence-corrected chi connectivity index (χ0v) is 17.5. The maximum atomic E-state index is 14.2. The van der Waals surface area contributed by atoms with Gasteiger partial charge in [0.25, 0.3) is 5.91 Å². The maximum absolute atomic E-state index is 14.2. The van der Waals surface area contributed by atoms with Gasteiger partial charge in [-0.1, -0.05) is 41.4 Å². The zero-order valence-electron chi connectivity index (χ0n) is 15.1. The second-order valence-electron chi connectivity index (χ2n) is 6.14. The highest BCUT2D eigenvalue weighted by Gasteiger charge is 2.20. The Bertz CT molecular complexity index is 1220. The fraction of sp³-hybridized carbons (Fsp3) is 0.0500. The Balaban J connectivity index is 1.83. The molecule has 0 radical (unpaired) electrons. The van der Waals surface area contributed by atoms with Crippen molar-refractivity contribution in [2.45, 2.75) is 11.4 Å². The molecular weight excluding hydrogens is 457 g/mol. The monoisotopic (exact) mass is 470 g/mol. The van der Waals surface area contributed by atoms with Crippen molar-refractivity contribution in [2.24, 2.45) is 0 Å². The molecule has 30 heavy (non-hydrogen) atoms. The quantitative estimate of drug-likeness (QED) is 0.531. The first-order chi connectivity index (χ1) is 14.2. The van der Waals surface area contributed by atoms with Crippen LogP contribution in [0.4, 0.5) is 14.5 Å². The molecule has 0 saturated heterocycles. The summed E-state index contributed by atoms with van der Waals surface area (Å²) >= 11 is 11.7. The van der Waals surface area contributed by atoms with E-state index in [9.17, 15) is 22.0 Å².